The third-order valence-corrected chi connectivity index (χ3v) is 3.69. The smallest absolute Gasteiger partial charge is 0.334 e. The van der Waals surface area contributed by atoms with Crippen molar-refractivity contribution in [3.05, 3.63) is 47.0 Å². The van der Waals surface area contributed by atoms with Crippen LogP contribution in [0.25, 0.3) is 0 Å². The van der Waals surface area contributed by atoms with E-state index in [0.29, 0.717) is 6.61 Å². The number of ether oxygens (including phenoxy) is 1. The maximum Gasteiger partial charge on any atom is 0.334 e. The fourth-order valence-electron chi connectivity index (χ4n) is 2.93. The average molecular weight is 243 g/mol. The lowest BCUT2D eigenvalue weighted by atomic mass is 9.92. The number of hydrogen-bond donors (Lipinski definition) is 0. The van der Waals surface area contributed by atoms with Crippen LogP contribution in [0.3, 0.4) is 0 Å². The molecule has 1 aromatic carbocycles. The molecule has 0 aliphatic carbocycles. The molecule has 94 valence electrons. The van der Waals surface area contributed by atoms with Crippen molar-refractivity contribution < 1.29 is 9.53 Å². The molecule has 0 spiro atoms. The summed E-state index contributed by atoms with van der Waals surface area (Å²) in [6, 6.07) is 10.5. The van der Waals surface area contributed by atoms with Crippen LogP contribution >= 0.6 is 0 Å². The normalized spacial score (nSPS) is 24.1. The quantitative estimate of drug-likeness (QED) is 0.744. The molecule has 0 saturated carbocycles. The average Bonchev–Trinajstić information content (AvgIpc) is 2.72. The number of cyclic esters (lactones) is 1. The molecule has 2 aliphatic rings. The van der Waals surface area contributed by atoms with Gasteiger partial charge in [-0.1, -0.05) is 30.3 Å². The molecule has 0 radical (unpaired) electrons. The summed E-state index contributed by atoms with van der Waals surface area (Å²) in [6.07, 6.45) is 0. The van der Waals surface area contributed by atoms with E-state index in [1.807, 2.05) is 13.0 Å². The Morgan fingerprint density at radius 3 is 2.89 bits per heavy atom. The Balaban J connectivity index is 1.75. The van der Waals surface area contributed by atoms with E-state index < -0.39 is 0 Å². The van der Waals surface area contributed by atoms with Gasteiger partial charge in [-0.2, -0.15) is 0 Å². The first-order valence-electron chi connectivity index (χ1n) is 6.37. The van der Waals surface area contributed by atoms with Crippen molar-refractivity contribution in [1.82, 2.24) is 4.90 Å². The Labute approximate surface area is 107 Å². The summed E-state index contributed by atoms with van der Waals surface area (Å²) in [6.45, 7) is 5.34. The summed E-state index contributed by atoms with van der Waals surface area (Å²) in [4.78, 5) is 14.0. The van der Waals surface area contributed by atoms with Crippen molar-refractivity contribution >= 4 is 5.97 Å². The fourth-order valence-corrected chi connectivity index (χ4v) is 2.93. The lowest BCUT2D eigenvalue weighted by molar-refractivity contribution is -0.135. The Hall–Kier alpha value is -1.61. The molecular weight excluding hydrogens is 226 g/mol. The Morgan fingerprint density at radius 2 is 2.11 bits per heavy atom. The van der Waals surface area contributed by atoms with Crippen LogP contribution in [0.2, 0.25) is 0 Å². The van der Waals surface area contributed by atoms with E-state index in [2.05, 4.69) is 29.2 Å². The molecule has 0 N–H and O–H groups in total. The minimum Gasteiger partial charge on any atom is -0.462 e. The van der Waals surface area contributed by atoms with Crippen LogP contribution in [0.15, 0.2) is 41.5 Å². The maximum atomic E-state index is 11.6. The molecule has 18 heavy (non-hydrogen) atoms. The number of benzene rings is 1. The Bertz CT molecular complexity index is 492. The first kappa shape index (κ1) is 11.5. The van der Waals surface area contributed by atoms with Gasteiger partial charge in [0.15, 0.2) is 0 Å². The van der Waals surface area contributed by atoms with Crippen molar-refractivity contribution in [2.24, 2.45) is 5.92 Å². The zero-order valence-electron chi connectivity index (χ0n) is 10.6. The van der Waals surface area contributed by atoms with E-state index in [-0.39, 0.29) is 11.9 Å². The van der Waals surface area contributed by atoms with Crippen LogP contribution in [-0.4, -0.2) is 30.6 Å². The minimum atomic E-state index is -0.100. The van der Waals surface area contributed by atoms with E-state index in [1.165, 1.54) is 11.1 Å². The largest absolute Gasteiger partial charge is 0.462 e. The Kier molecular flexibility index (Phi) is 2.92. The van der Waals surface area contributed by atoms with Gasteiger partial charge >= 0.3 is 5.97 Å². The highest BCUT2D eigenvalue weighted by atomic mass is 16.5. The monoisotopic (exact) mass is 243 g/mol. The summed E-state index contributed by atoms with van der Waals surface area (Å²) in [5.74, 6) is 0.173. The highest BCUT2D eigenvalue weighted by Gasteiger charge is 2.36. The number of rotatable bonds is 2. The first-order valence-corrected chi connectivity index (χ1v) is 6.37. The van der Waals surface area contributed by atoms with Crippen molar-refractivity contribution in [3.8, 4) is 0 Å². The first-order chi connectivity index (χ1) is 8.74. The molecule has 1 aromatic rings. The zero-order chi connectivity index (χ0) is 12.5. The van der Waals surface area contributed by atoms with Crippen LogP contribution in [0.5, 0.6) is 0 Å². The van der Waals surface area contributed by atoms with Crippen LogP contribution in [-0.2, 0) is 16.1 Å². The zero-order valence-corrected chi connectivity index (χ0v) is 10.6. The third kappa shape index (κ3) is 2.06. The fraction of sp³-hybridized carbons (Fsp3) is 0.400. The second-order valence-electron chi connectivity index (χ2n) is 5.14. The lowest BCUT2D eigenvalue weighted by Crippen LogP contribution is -2.36. The number of carbonyl (C=O) groups is 1. The SMILES string of the molecule is CC1=C2C(=O)OCC2CN(Cc2ccccc2)C1. The topological polar surface area (TPSA) is 29.5 Å². The van der Waals surface area contributed by atoms with Crippen molar-refractivity contribution in [2.75, 3.05) is 19.7 Å². The second kappa shape index (κ2) is 4.58. The molecule has 0 bridgehead atoms. The highest BCUT2D eigenvalue weighted by molar-refractivity contribution is 5.92. The van der Waals surface area contributed by atoms with E-state index in [9.17, 15) is 4.79 Å². The Morgan fingerprint density at radius 1 is 1.33 bits per heavy atom. The summed E-state index contributed by atoms with van der Waals surface area (Å²) < 4.78 is 5.15. The second-order valence-corrected chi connectivity index (χ2v) is 5.14. The van der Waals surface area contributed by atoms with Gasteiger partial charge in [0, 0.05) is 31.1 Å². The van der Waals surface area contributed by atoms with Gasteiger partial charge in [0.25, 0.3) is 0 Å². The summed E-state index contributed by atoms with van der Waals surface area (Å²) in [5.41, 5.74) is 3.42. The van der Waals surface area contributed by atoms with Gasteiger partial charge < -0.3 is 4.74 Å². The molecule has 3 heteroatoms. The number of carbonyl (C=O) groups excluding carboxylic acids is 1. The molecule has 1 atom stereocenters. The predicted molar refractivity (Wildman–Crippen MR) is 68.9 cm³/mol. The van der Waals surface area contributed by atoms with Gasteiger partial charge in [-0.25, -0.2) is 4.79 Å². The van der Waals surface area contributed by atoms with E-state index in [1.54, 1.807) is 0 Å². The van der Waals surface area contributed by atoms with Crippen LogP contribution in [0.1, 0.15) is 12.5 Å². The minimum absolute atomic E-state index is 0.100. The standard InChI is InChI=1S/C15H17NO2/c1-11-7-16(8-12-5-3-2-4-6-12)9-13-10-18-15(17)14(11)13/h2-6,13H,7-10H2,1H3. The molecule has 1 unspecified atom stereocenters. The van der Waals surface area contributed by atoms with E-state index >= 15 is 0 Å². The third-order valence-electron chi connectivity index (χ3n) is 3.69. The molecule has 0 amide bonds. The van der Waals surface area contributed by atoms with Crippen LogP contribution < -0.4 is 0 Å². The van der Waals surface area contributed by atoms with Gasteiger partial charge in [0.05, 0.1) is 6.61 Å². The van der Waals surface area contributed by atoms with Gasteiger partial charge in [0.2, 0.25) is 0 Å². The van der Waals surface area contributed by atoms with Crippen molar-refractivity contribution in [1.29, 1.82) is 0 Å². The van der Waals surface area contributed by atoms with E-state index in [0.717, 1.165) is 25.2 Å². The molecule has 3 rings (SSSR count). The van der Waals surface area contributed by atoms with E-state index in [4.69, 9.17) is 4.74 Å². The summed E-state index contributed by atoms with van der Waals surface area (Å²) in [7, 11) is 0. The molecule has 2 aliphatic heterocycles. The summed E-state index contributed by atoms with van der Waals surface area (Å²) in [5, 5.41) is 0. The number of fused-ring (bicyclic) bond motifs is 1. The molecular formula is C15H17NO2. The lowest BCUT2D eigenvalue weighted by Gasteiger charge is -2.30. The summed E-state index contributed by atoms with van der Waals surface area (Å²) >= 11 is 0. The predicted octanol–water partition coefficient (Wildman–Crippen LogP) is 1.99. The molecule has 0 aromatic heterocycles. The molecule has 2 heterocycles. The van der Waals surface area contributed by atoms with Crippen LogP contribution in [0.4, 0.5) is 0 Å². The molecule has 1 fully saturated rings. The van der Waals surface area contributed by atoms with Crippen molar-refractivity contribution in [3.63, 3.8) is 0 Å². The van der Waals surface area contributed by atoms with Gasteiger partial charge in [0.1, 0.15) is 0 Å². The van der Waals surface area contributed by atoms with Crippen molar-refractivity contribution in [2.45, 2.75) is 13.5 Å². The number of esters is 1. The maximum absolute atomic E-state index is 11.6. The van der Waals surface area contributed by atoms with Gasteiger partial charge in [-0.15, -0.1) is 0 Å². The van der Waals surface area contributed by atoms with Gasteiger partial charge in [-0.3, -0.25) is 4.90 Å². The number of nitrogens with zero attached hydrogens (tertiary/aromatic N) is 1. The molecule has 1 saturated heterocycles. The molecule has 3 nitrogen and oxygen atoms in total. The number of hydrogen-bond acceptors (Lipinski definition) is 3. The highest BCUT2D eigenvalue weighted by Crippen LogP contribution is 2.30. The van der Waals surface area contributed by atoms with Gasteiger partial charge in [-0.05, 0) is 18.1 Å². The van der Waals surface area contributed by atoms with Crippen LogP contribution in [0, 0.1) is 5.92 Å².